The molecule has 0 bridgehead atoms. The monoisotopic (exact) mass is 368 g/mol. The molecule has 1 aliphatic carbocycles. The summed E-state index contributed by atoms with van der Waals surface area (Å²) >= 11 is 8.69. The summed E-state index contributed by atoms with van der Waals surface area (Å²) in [4.78, 5) is 12.9. The molecule has 3 N–H and O–H groups in total. The Kier molecular flexibility index (Phi) is 5.04. The summed E-state index contributed by atoms with van der Waals surface area (Å²) in [7, 11) is 0. The molecule has 1 aromatic carbocycles. The van der Waals surface area contributed by atoms with Crippen LogP contribution in [0, 0.1) is 12.8 Å². The summed E-state index contributed by atoms with van der Waals surface area (Å²) in [5.41, 5.74) is 7.13. The standard InChI is InChI=1S/C16H21BrN2OS/c1-10-5-7-16(8-6-10,15(18)21)19-14(20)12-4-3-11(2)13(17)9-12/h3-4,9-10H,5-8H2,1-2H3,(H2,18,21)(H,19,20). The fourth-order valence-corrected chi connectivity index (χ4v) is 3.35. The van der Waals surface area contributed by atoms with E-state index in [9.17, 15) is 4.79 Å². The van der Waals surface area contributed by atoms with Crippen LogP contribution >= 0.6 is 28.1 Å². The highest BCUT2D eigenvalue weighted by atomic mass is 79.9. The van der Waals surface area contributed by atoms with E-state index in [-0.39, 0.29) is 5.91 Å². The van der Waals surface area contributed by atoms with Gasteiger partial charge >= 0.3 is 0 Å². The van der Waals surface area contributed by atoms with Gasteiger partial charge in [-0.1, -0.05) is 41.1 Å². The van der Waals surface area contributed by atoms with Gasteiger partial charge in [-0.2, -0.15) is 0 Å². The smallest absolute Gasteiger partial charge is 0.252 e. The first kappa shape index (κ1) is 16.4. The zero-order chi connectivity index (χ0) is 15.6. The van der Waals surface area contributed by atoms with Crippen LogP contribution in [0.1, 0.15) is 48.5 Å². The number of thiocarbonyl (C=S) groups is 1. The number of hydrogen-bond donors (Lipinski definition) is 2. The first-order valence-corrected chi connectivity index (χ1v) is 8.43. The molecule has 21 heavy (non-hydrogen) atoms. The van der Waals surface area contributed by atoms with Crippen LogP contribution in [0.2, 0.25) is 0 Å². The third-order valence-electron chi connectivity index (χ3n) is 4.39. The molecule has 1 aliphatic rings. The molecule has 1 aromatic rings. The van der Waals surface area contributed by atoms with Crippen molar-refractivity contribution in [1.29, 1.82) is 0 Å². The molecule has 114 valence electrons. The molecular formula is C16H21BrN2OS. The normalized spacial score (nSPS) is 25.4. The van der Waals surface area contributed by atoms with Gasteiger partial charge in [-0.25, -0.2) is 0 Å². The molecule has 1 amide bonds. The maximum Gasteiger partial charge on any atom is 0.252 e. The highest BCUT2D eigenvalue weighted by molar-refractivity contribution is 9.10. The van der Waals surface area contributed by atoms with E-state index < -0.39 is 5.54 Å². The third-order valence-corrected chi connectivity index (χ3v) is 5.63. The molecular weight excluding hydrogens is 348 g/mol. The number of nitrogens with one attached hydrogen (secondary N) is 1. The van der Waals surface area contributed by atoms with E-state index >= 15 is 0 Å². The average molecular weight is 369 g/mol. The molecule has 2 rings (SSSR count). The first-order chi connectivity index (χ1) is 9.84. The van der Waals surface area contributed by atoms with E-state index in [1.54, 1.807) is 0 Å². The van der Waals surface area contributed by atoms with Crippen molar-refractivity contribution in [3.63, 3.8) is 0 Å². The largest absolute Gasteiger partial charge is 0.391 e. The van der Waals surface area contributed by atoms with Crippen molar-refractivity contribution in [2.24, 2.45) is 11.7 Å². The summed E-state index contributed by atoms with van der Waals surface area (Å²) in [6.45, 7) is 4.22. The number of carbonyl (C=O) groups excluding carboxylic acids is 1. The van der Waals surface area contributed by atoms with Crippen LogP contribution in [0.5, 0.6) is 0 Å². The van der Waals surface area contributed by atoms with Crippen molar-refractivity contribution in [3.05, 3.63) is 33.8 Å². The summed E-state index contributed by atoms with van der Waals surface area (Å²) < 4.78 is 0.928. The molecule has 0 saturated heterocycles. The van der Waals surface area contributed by atoms with Gasteiger partial charge in [0, 0.05) is 10.0 Å². The minimum atomic E-state index is -0.531. The molecule has 1 saturated carbocycles. The molecule has 3 nitrogen and oxygen atoms in total. The van der Waals surface area contributed by atoms with Crippen LogP contribution in [0.3, 0.4) is 0 Å². The number of benzene rings is 1. The van der Waals surface area contributed by atoms with Gasteiger partial charge in [-0.15, -0.1) is 0 Å². The molecule has 5 heteroatoms. The van der Waals surface area contributed by atoms with Gasteiger partial charge in [0.05, 0.1) is 10.5 Å². The fourth-order valence-electron chi connectivity index (χ4n) is 2.71. The molecule has 0 heterocycles. The van der Waals surface area contributed by atoms with Gasteiger partial charge in [0.15, 0.2) is 0 Å². The van der Waals surface area contributed by atoms with Crippen LogP contribution in [0.15, 0.2) is 22.7 Å². The topological polar surface area (TPSA) is 55.1 Å². The zero-order valence-electron chi connectivity index (χ0n) is 12.4. The van der Waals surface area contributed by atoms with Crippen molar-refractivity contribution in [2.75, 3.05) is 0 Å². The second-order valence-corrected chi connectivity index (χ2v) is 7.34. The van der Waals surface area contributed by atoms with E-state index in [4.69, 9.17) is 18.0 Å². The van der Waals surface area contributed by atoms with E-state index in [0.29, 0.717) is 16.5 Å². The molecule has 1 fully saturated rings. The molecule has 0 unspecified atom stereocenters. The lowest BCUT2D eigenvalue weighted by Crippen LogP contribution is -2.58. The Morgan fingerprint density at radius 2 is 2.05 bits per heavy atom. The summed E-state index contributed by atoms with van der Waals surface area (Å²) in [6.07, 6.45) is 3.72. The lowest BCUT2D eigenvalue weighted by Gasteiger charge is -2.39. The fraction of sp³-hybridized carbons (Fsp3) is 0.500. The lowest BCUT2D eigenvalue weighted by molar-refractivity contribution is 0.0900. The van der Waals surface area contributed by atoms with E-state index in [2.05, 4.69) is 28.2 Å². The van der Waals surface area contributed by atoms with E-state index in [0.717, 1.165) is 35.7 Å². The Hall–Kier alpha value is -0.940. The minimum Gasteiger partial charge on any atom is -0.391 e. The van der Waals surface area contributed by atoms with Crippen LogP contribution in [0.4, 0.5) is 0 Å². The number of hydrogen-bond acceptors (Lipinski definition) is 2. The van der Waals surface area contributed by atoms with Gasteiger partial charge in [0.25, 0.3) is 5.91 Å². The van der Waals surface area contributed by atoms with Gasteiger partial charge in [-0.3, -0.25) is 4.79 Å². The molecule has 0 aliphatic heterocycles. The van der Waals surface area contributed by atoms with Crippen molar-refractivity contribution in [1.82, 2.24) is 5.32 Å². The van der Waals surface area contributed by atoms with Crippen molar-refractivity contribution in [3.8, 4) is 0 Å². The maximum absolute atomic E-state index is 12.5. The number of aryl methyl sites for hydroxylation is 1. The van der Waals surface area contributed by atoms with Crippen LogP contribution in [-0.2, 0) is 0 Å². The first-order valence-electron chi connectivity index (χ1n) is 7.22. The molecule has 0 spiro atoms. The second-order valence-electron chi connectivity index (χ2n) is 6.05. The van der Waals surface area contributed by atoms with Gasteiger partial charge in [0.2, 0.25) is 0 Å². The van der Waals surface area contributed by atoms with E-state index in [1.165, 1.54) is 0 Å². The van der Waals surface area contributed by atoms with Crippen molar-refractivity contribution in [2.45, 2.75) is 45.1 Å². The SMILES string of the molecule is Cc1ccc(C(=O)NC2(C(N)=S)CCC(C)CC2)cc1Br. The number of halogens is 1. The van der Waals surface area contributed by atoms with Crippen molar-refractivity contribution < 1.29 is 4.79 Å². The quantitative estimate of drug-likeness (QED) is 0.799. The second kappa shape index (κ2) is 6.44. The Morgan fingerprint density at radius 3 is 2.57 bits per heavy atom. The minimum absolute atomic E-state index is 0.113. The highest BCUT2D eigenvalue weighted by Gasteiger charge is 2.38. The summed E-state index contributed by atoms with van der Waals surface area (Å²) in [5, 5.41) is 3.09. The predicted molar refractivity (Wildman–Crippen MR) is 93.5 cm³/mol. The van der Waals surface area contributed by atoms with Crippen molar-refractivity contribution >= 4 is 39.0 Å². The molecule has 0 radical (unpaired) electrons. The molecule has 0 atom stereocenters. The molecule has 0 aromatic heterocycles. The van der Waals surface area contributed by atoms with Gasteiger partial charge in [-0.05, 0) is 56.2 Å². The zero-order valence-corrected chi connectivity index (χ0v) is 14.8. The predicted octanol–water partition coefficient (Wildman–Crippen LogP) is 3.72. The van der Waals surface area contributed by atoms with Gasteiger partial charge in [0.1, 0.15) is 0 Å². The van der Waals surface area contributed by atoms with Gasteiger partial charge < -0.3 is 11.1 Å². The van der Waals surface area contributed by atoms with E-state index in [1.807, 2.05) is 25.1 Å². The van der Waals surface area contributed by atoms with Crippen LogP contribution < -0.4 is 11.1 Å². The summed E-state index contributed by atoms with van der Waals surface area (Å²) in [5.74, 6) is 0.552. The average Bonchev–Trinajstić information content (AvgIpc) is 2.44. The van der Waals surface area contributed by atoms with Crippen LogP contribution in [0.25, 0.3) is 0 Å². The third kappa shape index (κ3) is 3.64. The Labute approximate surface area is 139 Å². The Morgan fingerprint density at radius 1 is 1.43 bits per heavy atom. The number of amides is 1. The summed E-state index contributed by atoms with van der Waals surface area (Å²) in [6, 6.07) is 5.59. The number of carbonyl (C=O) groups is 1. The maximum atomic E-state index is 12.5. The Balaban J connectivity index is 2.19. The van der Waals surface area contributed by atoms with Crippen LogP contribution in [-0.4, -0.2) is 16.4 Å². The lowest BCUT2D eigenvalue weighted by atomic mass is 9.77. The Bertz CT molecular complexity index is 565. The highest BCUT2D eigenvalue weighted by Crippen LogP contribution is 2.32. The number of rotatable bonds is 3. The number of nitrogens with two attached hydrogens (primary N) is 1.